The molecule has 1 aromatic carbocycles. The van der Waals surface area contributed by atoms with Crippen molar-refractivity contribution in [3.63, 3.8) is 0 Å². The molecule has 0 aliphatic carbocycles. The smallest absolute Gasteiger partial charge is 0.329 e. The van der Waals surface area contributed by atoms with Gasteiger partial charge in [-0.1, -0.05) is 5.92 Å². The second kappa shape index (κ2) is 6.81. The van der Waals surface area contributed by atoms with Gasteiger partial charge in [0.05, 0.1) is 17.4 Å². The van der Waals surface area contributed by atoms with Crippen molar-refractivity contribution in [1.82, 2.24) is 20.3 Å². The topological polar surface area (TPSA) is 91.3 Å². The van der Waals surface area contributed by atoms with Crippen molar-refractivity contribution in [2.24, 2.45) is 0 Å². The first-order valence-corrected chi connectivity index (χ1v) is 9.65. The number of urea groups is 1. The SMILES string of the molecule is C#Cc1ccc2nc(N3CCC4(CC3)NC(=O)N(c3cccnc3)C4=O)ncc2c1. The summed E-state index contributed by atoms with van der Waals surface area (Å²) in [5.74, 6) is 2.98. The summed E-state index contributed by atoms with van der Waals surface area (Å²) >= 11 is 0. The van der Waals surface area contributed by atoms with E-state index in [0.29, 0.717) is 37.6 Å². The molecule has 4 heterocycles. The van der Waals surface area contributed by atoms with Crippen LogP contribution in [0.4, 0.5) is 16.4 Å². The van der Waals surface area contributed by atoms with Crippen LogP contribution in [0.3, 0.4) is 0 Å². The van der Waals surface area contributed by atoms with E-state index in [2.05, 4.69) is 26.2 Å². The van der Waals surface area contributed by atoms with E-state index in [9.17, 15) is 9.59 Å². The first kappa shape index (κ1) is 18.1. The minimum atomic E-state index is -0.901. The fourth-order valence-electron chi connectivity index (χ4n) is 4.03. The second-order valence-corrected chi connectivity index (χ2v) is 7.44. The number of benzene rings is 1. The van der Waals surface area contributed by atoms with Crippen LogP contribution in [0.25, 0.3) is 10.9 Å². The van der Waals surface area contributed by atoms with E-state index in [1.807, 2.05) is 23.1 Å². The number of fused-ring (bicyclic) bond motifs is 1. The lowest BCUT2D eigenvalue weighted by atomic mass is 9.87. The van der Waals surface area contributed by atoms with Gasteiger partial charge in [0.15, 0.2) is 0 Å². The van der Waals surface area contributed by atoms with Gasteiger partial charge in [0, 0.05) is 36.4 Å². The number of terminal acetylenes is 1. The highest BCUT2D eigenvalue weighted by Gasteiger charge is 2.53. The third-order valence-corrected chi connectivity index (χ3v) is 5.70. The fourth-order valence-corrected chi connectivity index (χ4v) is 4.03. The number of rotatable bonds is 2. The Morgan fingerprint density at radius 3 is 2.70 bits per heavy atom. The van der Waals surface area contributed by atoms with Crippen LogP contribution in [0.15, 0.2) is 48.9 Å². The molecule has 5 rings (SSSR count). The lowest BCUT2D eigenvalue weighted by molar-refractivity contribution is -0.122. The molecule has 148 valence electrons. The van der Waals surface area contributed by atoms with Gasteiger partial charge in [-0.15, -0.1) is 6.42 Å². The summed E-state index contributed by atoms with van der Waals surface area (Å²) in [7, 11) is 0. The summed E-state index contributed by atoms with van der Waals surface area (Å²) in [5.41, 5.74) is 1.17. The monoisotopic (exact) mass is 398 g/mol. The first-order chi connectivity index (χ1) is 14.6. The number of hydrogen-bond acceptors (Lipinski definition) is 6. The average Bonchev–Trinajstić information content (AvgIpc) is 3.03. The molecular weight excluding hydrogens is 380 g/mol. The van der Waals surface area contributed by atoms with Crippen molar-refractivity contribution in [2.45, 2.75) is 18.4 Å². The highest BCUT2D eigenvalue weighted by atomic mass is 16.2. The third-order valence-electron chi connectivity index (χ3n) is 5.70. The van der Waals surface area contributed by atoms with E-state index in [1.54, 1.807) is 24.5 Å². The van der Waals surface area contributed by atoms with Crippen LogP contribution >= 0.6 is 0 Å². The molecule has 2 aliphatic heterocycles. The van der Waals surface area contributed by atoms with Gasteiger partial charge >= 0.3 is 6.03 Å². The number of imide groups is 1. The van der Waals surface area contributed by atoms with Gasteiger partial charge in [-0.3, -0.25) is 9.78 Å². The second-order valence-electron chi connectivity index (χ2n) is 7.44. The molecular formula is C22H18N6O2. The Labute approximate surface area is 172 Å². The third kappa shape index (κ3) is 2.83. The zero-order valence-corrected chi connectivity index (χ0v) is 16.1. The predicted molar refractivity (Wildman–Crippen MR) is 112 cm³/mol. The van der Waals surface area contributed by atoms with Crippen LogP contribution in [0.5, 0.6) is 0 Å². The van der Waals surface area contributed by atoms with Crippen molar-refractivity contribution in [2.75, 3.05) is 22.9 Å². The van der Waals surface area contributed by atoms with Gasteiger partial charge in [0.2, 0.25) is 5.95 Å². The number of nitrogens with one attached hydrogen (secondary N) is 1. The molecule has 8 heteroatoms. The van der Waals surface area contributed by atoms with E-state index in [-0.39, 0.29) is 5.91 Å². The molecule has 0 radical (unpaired) electrons. The number of nitrogens with zero attached hydrogens (tertiary/aromatic N) is 5. The summed E-state index contributed by atoms with van der Waals surface area (Å²) in [6.07, 6.45) is 11.3. The van der Waals surface area contributed by atoms with E-state index in [1.165, 1.54) is 11.1 Å². The molecule has 2 fully saturated rings. The number of piperidine rings is 1. The van der Waals surface area contributed by atoms with E-state index >= 15 is 0 Å². The fraction of sp³-hybridized carbons (Fsp3) is 0.227. The highest BCUT2D eigenvalue weighted by Crippen LogP contribution is 2.33. The van der Waals surface area contributed by atoms with E-state index in [4.69, 9.17) is 6.42 Å². The zero-order chi connectivity index (χ0) is 20.7. The maximum atomic E-state index is 13.1. The molecule has 2 aromatic heterocycles. The Hall–Kier alpha value is -3.99. The molecule has 0 unspecified atom stereocenters. The minimum Gasteiger partial charge on any atom is -0.341 e. The minimum absolute atomic E-state index is 0.235. The van der Waals surface area contributed by atoms with Crippen LogP contribution in [0, 0.1) is 12.3 Å². The highest BCUT2D eigenvalue weighted by molar-refractivity contribution is 6.23. The van der Waals surface area contributed by atoms with Gasteiger partial charge in [-0.25, -0.2) is 19.7 Å². The molecule has 3 aromatic rings. The standard InChI is InChI=1S/C22H18N6O2/c1-2-15-5-6-18-16(12-15)13-24-20(25-18)27-10-7-22(8-11-27)19(29)28(21(30)26-22)17-4-3-9-23-14-17/h1,3-6,9,12-14H,7-8,10-11H2,(H,26,30). The molecule has 0 bridgehead atoms. The van der Waals surface area contributed by atoms with Gasteiger partial charge in [0.25, 0.3) is 5.91 Å². The van der Waals surface area contributed by atoms with Crippen LogP contribution in [0.1, 0.15) is 18.4 Å². The quantitative estimate of drug-likeness (QED) is 0.525. The van der Waals surface area contributed by atoms with Gasteiger partial charge in [-0.2, -0.15) is 0 Å². The Bertz CT molecular complexity index is 1200. The average molecular weight is 398 g/mol. The number of hydrogen-bond donors (Lipinski definition) is 1. The molecule has 30 heavy (non-hydrogen) atoms. The van der Waals surface area contributed by atoms with Crippen molar-refractivity contribution in [1.29, 1.82) is 0 Å². The molecule has 0 atom stereocenters. The maximum absolute atomic E-state index is 13.1. The van der Waals surface area contributed by atoms with Crippen molar-refractivity contribution < 1.29 is 9.59 Å². The van der Waals surface area contributed by atoms with E-state index in [0.717, 1.165) is 16.5 Å². The summed E-state index contributed by atoms with van der Waals surface area (Å²) in [6, 6.07) is 8.61. The van der Waals surface area contributed by atoms with Crippen molar-refractivity contribution in [3.05, 3.63) is 54.5 Å². The predicted octanol–water partition coefficient (Wildman–Crippen LogP) is 2.10. The van der Waals surface area contributed by atoms with Crippen LogP contribution in [-0.2, 0) is 4.79 Å². The van der Waals surface area contributed by atoms with Gasteiger partial charge in [-0.05, 0) is 43.2 Å². The summed E-state index contributed by atoms with van der Waals surface area (Å²) in [4.78, 5) is 42.0. The molecule has 8 nitrogen and oxygen atoms in total. The Morgan fingerprint density at radius 2 is 1.97 bits per heavy atom. The normalized spacial score (nSPS) is 18.0. The number of carbonyl (C=O) groups excluding carboxylic acids is 2. The molecule has 2 aliphatic rings. The molecule has 1 N–H and O–H groups in total. The molecule has 0 saturated carbocycles. The first-order valence-electron chi connectivity index (χ1n) is 9.65. The molecule has 2 saturated heterocycles. The largest absolute Gasteiger partial charge is 0.341 e. The van der Waals surface area contributed by atoms with Gasteiger partial charge in [0.1, 0.15) is 5.54 Å². The lowest BCUT2D eigenvalue weighted by Crippen LogP contribution is -2.55. The number of aromatic nitrogens is 3. The maximum Gasteiger partial charge on any atom is 0.329 e. The number of pyridine rings is 1. The summed E-state index contributed by atoms with van der Waals surface area (Å²) < 4.78 is 0. The van der Waals surface area contributed by atoms with Crippen LogP contribution in [-0.4, -0.2) is 45.5 Å². The molecule has 1 spiro atoms. The summed E-state index contributed by atoms with van der Waals surface area (Å²) in [6.45, 7) is 1.11. The number of anilines is 2. The molecule has 3 amide bonds. The Kier molecular flexibility index (Phi) is 4.10. The van der Waals surface area contributed by atoms with Crippen LogP contribution in [0.2, 0.25) is 0 Å². The Balaban J connectivity index is 1.35. The van der Waals surface area contributed by atoms with E-state index < -0.39 is 11.6 Å². The Morgan fingerprint density at radius 1 is 1.13 bits per heavy atom. The summed E-state index contributed by atoms with van der Waals surface area (Å²) in [5, 5.41) is 3.79. The van der Waals surface area contributed by atoms with Crippen LogP contribution < -0.4 is 15.1 Å². The number of carbonyl (C=O) groups is 2. The van der Waals surface area contributed by atoms with Crippen molar-refractivity contribution >= 4 is 34.5 Å². The lowest BCUT2D eigenvalue weighted by Gasteiger charge is -2.37. The number of amides is 3. The van der Waals surface area contributed by atoms with Crippen molar-refractivity contribution in [3.8, 4) is 12.3 Å². The van der Waals surface area contributed by atoms with Gasteiger partial charge < -0.3 is 10.2 Å². The zero-order valence-electron chi connectivity index (χ0n) is 16.1.